The van der Waals surface area contributed by atoms with E-state index in [4.69, 9.17) is 16.0 Å². The van der Waals surface area contributed by atoms with Gasteiger partial charge in [-0.1, -0.05) is 51.4 Å². The van der Waals surface area contributed by atoms with Crippen LogP contribution in [0.2, 0.25) is 5.02 Å². The minimum absolute atomic E-state index is 0.114. The van der Waals surface area contributed by atoms with Gasteiger partial charge in [0, 0.05) is 10.4 Å². The van der Waals surface area contributed by atoms with E-state index in [-0.39, 0.29) is 29.6 Å². The van der Waals surface area contributed by atoms with Gasteiger partial charge in [-0.3, -0.25) is 9.59 Å². The molecular formula is C27H29ClFN5O5S. The van der Waals surface area contributed by atoms with Gasteiger partial charge in [0.25, 0.3) is 11.8 Å². The number of halogens is 2. The molecule has 1 aliphatic rings. The highest BCUT2D eigenvalue weighted by Crippen LogP contribution is 2.38. The third-order valence-electron chi connectivity index (χ3n) is 6.28. The summed E-state index contributed by atoms with van der Waals surface area (Å²) in [6.07, 6.45) is 0.389. The van der Waals surface area contributed by atoms with Crippen molar-refractivity contribution in [2.45, 2.75) is 57.0 Å². The van der Waals surface area contributed by atoms with Gasteiger partial charge in [0.15, 0.2) is 0 Å². The molecule has 10 nitrogen and oxygen atoms in total. The number of rotatable bonds is 7. The third kappa shape index (κ3) is 5.93. The molecule has 0 fully saturated rings. The van der Waals surface area contributed by atoms with Gasteiger partial charge in [0.1, 0.15) is 11.5 Å². The van der Waals surface area contributed by atoms with Crippen LogP contribution in [0.5, 0.6) is 0 Å². The van der Waals surface area contributed by atoms with Crippen LogP contribution in [0.15, 0.2) is 56.8 Å². The molecule has 0 aliphatic carbocycles. The molecule has 0 saturated carbocycles. The molecule has 40 heavy (non-hydrogen) atoms. The number of nitrogens with zero attached hydrogens (tertiary/aromatic N) is 3. The van der Waals surface area contributed by atoms with Crippen molar-refractivity contribution < 1.29 is 26.8 Å². The number of amides is 2. The van der Waals surface area contributed by atoms with Crippen molar-refractivity contribution in [2.24, 2.45) is 0 Å². The van der Waals surface area contributed by atoms with Gasteiger partial charge in [-0.15, -0.1) is 10.2 Å². The molecule has 0 saturated heterocycles. The summed E-state index contributed by atoms with van der Waals surface area (Å²) in [4.78, 5) is 27.4. The number of likely N-dealkylation sites (N-methyl/N-ethyl adjacent to an activating group) is 1. The van der Waals surface area contributed by atoms with E-state index in [0.717, 1.165) is 11.0 Å². The Hall–Kier alpha value is -3.61. The third-order valence-corrected chi connectivity index (χ3v) is 8.01. The number of hydrogen-bond acceptors (Lipinski definition) is 8. The van der Waals surface area contributed by atoms with Crippen LogP contribution in [0.4, 0.5) is 10.1 Å². The Morgan fingerprint density at radius 2 is 1.85 bits per heavy atom. The van der Waals surface area contributed by atoms with Crippen molar-refractivity contribution >= 4 is 38.9 Å². The van der Waals surface area contributed by atoms with Crippen LogP contribution in [0.3, 0.4) is 0 Å². The number of benzene rings is 2. The van der Waals surface area contributed by atoms with Crippen LogP contribution in [-0.2, 0) is 31.4 Å². The predicted octanol–water partition coefficient (Wildman–Crippen LogP) is 4.10. The second-order valence-electron chi connectivity index (χ2n) is 10.3. The Bertz CT molecular complexity index is 1590. The smallest absolute Gasteiger partial charge is 0.275 e. The van der Waals surface area contributed by atoms with Crippen LogP contribution in [0.1, 0.15) is 45.6 Å². The number of carbonyl (C=O) groups is 2. The summed E-state index contributed by atoms with van der Waals surface area (Å²) in [5.74, 6) is -2.26. The lowest BCUT2D eigenvalue weighted by Crippen LogP contribution is -2.45. The number of carbonyl (C=O) groups excluding carboxylic acids is 2. The summed E-state index contributed by atoms with van der Waals surface area (Å²) >= 11 is 6.02. The molecule has 0 spiro atoms. The second-order valence-corrected chi connectivity index (χ2v) is 12.5. The first-order valence-corrected chi connectivity index (χ1v) is 14.4. The second kappa shape index (κ2) is 11.1. The van der Waals surface area contributed by atoms with Gasteiger partial charge in [-0.2, -0.15) is 0 Å². The largest absolute Gasteiger partial charge is 0.420 e. The quantitative estimate of drug-likeness (QED) is 0.421. The van der Waals surface area contributed by atoms with Crippen molar-refractivity contribution in [1.82, 2.24) is 20.8 Å². The molecule has 2 aromatic carbocycles. The summed E-state index contributed by atoms with van der Waals surface area (Å²) in [6, 6.07) is 7.91. The molecule has 4 rings (SSSR count). The van der Waals surface area contributed by atoms with Crippen LogP contribution < -0.4 is 15.5 Å². The Morgan fingerprint density at radius 3 is 2.42 bits per heavy atom. The van der Waals surface area contributed by atoms with E-state index in [9.17, 15) is 18.0 Å². The molecule has 3 aromatic rings. The lowest BCUT2D eigenvalue weighted by Gasteiger charge is -2.25. The molecule has 13 heteroatoms. The van der Waals surface area contributed by atoms with E-state index in [1.807, 2.05) is 20.8 Å². The molecule has 1 atom stereocenters. The summed E-state index contributed by atoms with van der Waals surface area (Å²) in [7, 11) is -2.83. The van der Waals surface area contributed by atoms with Crippen molar-refractivity contribution in [2.75, 3.05) is 11.9 Å². The van der Waals surface area contributed by atoms with Gasteiger partial charge in [0.05, 0.1) is 34.1 Å². The van der Waals surface area contributed by atoms with Crippen LogP contribution in [-0.4, -0.2) is 43.5 Å². The SMILES string of the molecule is CC[C@H](NC)C(=O)NC1=CS(=O)(=O)c2cc(F)c(-c3nnc(C(C)(C)C)o3)cc2N(Cc2ccc(Cl)cc2)C1=O. The maximum absolute atomic E-state index is 15.4. The molecule has 0 unspecified atom stereocenters. The van der Waals surface area contributed by atoms with Gasteiger partial charge < -0.3 is 20.0 Å². The Labute approximate surface area is 236 Å². The fourth-order valence-corrected chi connectivity index (χ4v) is 5.51. The van der Waals surface area contributed by atoms with E-state index in [1.165, 1.54) is 6.07 Å². The van der Waals surface area contributed by atoms with Gasteiger partial charge in [0.2, 0.25) is 21.6 Å². The average molecular weight is 590 g/mol. The summed E-state index contributed by atoms with van der Waals surface area (Å²) in [5.41, 5.74) is -0.686. The lowest BCUT2D eigenvalue weighted by molar-refractivity contribution is -0.124. The minimum atomic E-state index is -4.40. The Kier molecular flexibility index (Phi) is 8.16. The first kappa shape index (κ1) is 29.4. The zero-order valence-corrected chi connectivity index (χ0v) is 24.2. The molecular weight excluding hydrogens is 561 g/mol. The number of hydrogen-bond donors (Lipinski definition) is 2. The number of nitrogens with one attached hydrogen (secondary N) is 2. The zero-order valence-electron chi connectivity index (χ0n) is 22.6. The molecule has 0 bridgehead atoms. The molecule has 2 heterocycles. The van der Waals surface area contributed by atoms with E-state index < -0.39 is 49.5 Å². The van der Waals surface area contributed by atoms with E-state index in [2.05, 4.69) is 20.8 Å². The predicted molar refractivity (Wildman–Crippen MR) is 148 cm³/mol. The first-order valence-electron chi connectivity index (χ1n) is 12.4. The highest BCUT2D eigenvalue weighted by Gasteiger charge is 2.35. The molecule has 0 radical (unpaired) electrons. The molecule has 1 aromatic heterocycles. The van der Waals surface area contributed by atoms with Crippen molar-refractivity contribution in [3.8, 4) is 11.5 Å². The lowest BCUT2D eigenvalue weighted by atomic mass is 9.97. The van der Waals surface area contributed by atoms with E-state index in [1.54, 1.807) is 38.2 Å². The maximum Gasteiger partial charge on any atom is 0.275 e. The summed E-state index contributed by atoms with van der Waals surface area (Å²) in [5, 5.41) is 14.3. The fourth-order valence-electron chi connectivity index (χ4n) is 4.06. The zero-order chi connectivity index (χ0) is 29.4. The number of anilines is 1. The number of fused-ring (bicyclic) bond motifs is 1. The molecule has 2 N–H and O–H groups in total. The normalized spacial score (nSPS) is 15.7. The van der Waals surface area contributed by atoms with Crippen LogP contribution in [0, 0.1) is 5.82 Å². The Balaban J connectivity index is 1.89. The highest BCUT2D eigenvalue weighted by molar-refractivity contribution is 7.94. The monoisotopic (exact) mass is 589 g/mol. The number of aromatic nitrogens is 2. The van der Waals surface area contributed by atoms with Crippen LogP contribution >= 0.6 is 11.6 Å². The van der Waals surface area contributed by atoms with E-state index >= 15 is 4.39 Å². The average Bonchev–Trinajstić information content (AvgIpc) is 3.37. The highest BCUT2D eigenvalue weighted by atomic mass is 35.5. The van der Waals surface area contributed by atoms with Gasteiger partial charge in [-0.05, 0) is 43.3 Å². The minimum Gasteiger partial charge on any atom is -0.420 e. The van der Waals surface area contributed by atoms with Gasteiger partial charge in [-0.25, -0.2) is 12.8 Å². The summed E-state index contributed by atoms with van der Waals surface area (Å²) < 4.78 is 48.1. The fraction of sp³-hybridized carbons (Fsp3) is 0.333. The van der Waals surface area contributed by atoms with E-state index in [0.29, 0.717) is 22.4 Å². The van der Waals surface area contributed by atoms with Crippen molar-refractivity contribution in [3.63, 3.8) is 0 Å². The molecule has 212 valence electrons. The molecule has 1 aliphatic heterocycles. The summed E-state index contributed by atoms with van der Waals surface area (Å²) in [6.45, 7) is 7.17. The standard InChI is InChI=1S/C27H29ClFN5O5S/c1-6-19(30-5)23(35)31-20-14-40(37,38)22-12-18(29)17(24-32-33-26(39-24)27(2,3)4)11-21(22)34(25(20)36)13-15-7-9-16(28)10-8-15/h7-12,14,19,30H,6,13H2,1-5H3,(H,31,35)/t19-/m0/s1. The maximum atomic E-state index is 15.4. The first-order chi connectivity index (χ1) is 18.7. The van der Waals surface area contributed by atoms with Gasteiger partial charge >= 0.3 is 0 Å². The number of sulfone groups is 1. The van der Waals surface area contributed by atoms with Crippen molar-refractivity contribution in [3.05, 3.63) is 69.8 Å². The topological polar surface area (TPSA) is 134 Å². The molecule has 2 amide bonds. The van der Waals surface area contributed by atoms with Crippen molar-refractivity contribution in [1.29, 1.82) is 0 Å². The van der Waals surface area contributed by atoms with Crippen LogP contribution in [0.25, 0.3) is 11.5 Å². The Morgan fingerprint density at radius 1 is 1.18 bits per heavy atom.